The Morgan fingerprint density at radius 1 is 0.871 bits per heavy atom. The largest absolute Gasteiger partial charge is 0.490 e. The fourth-order valence-electron chi connectivity index (χ4n) is 3.87. The molecule has 0 aliphatic carbocycles. The van der Waals surface area contributed by atoms with Crippen molar-refractivity contribution >= 4 is 0 Å². The predicted octanol–water partition coefficient (Wildman–Crippen LogP) is 6.83. The summed E-state index contributed by atoms with van der Waals surface area (Å²) in [5, 5.41) is 0. The maximum atomic E-state index is 14.2. The third-order valence-electron chi connectivity index (χ3n) is 5.79. The molecule has 2 atom stereocenters. The average molecular weight is 433 g/mol. The standard InChI is InChI=1S/C26H34F2O3/c1-3-5-6-7-19-8-10-20(11-9-19)21-12-13-22(30-17-21)18-31-24-15-14-23(29-16-4-2)25(27)26(24)28/h8-11,14-15,21-22H,3-7,12-13,16-18H2,1-2H3. The van der Waals surface area contributed by atoms with Gasteiger partial charge in [-0.2, -0.15) is 8.78 Å². The lowest BCUT2D eigenvalue weighted by Gasteiger charge is -2.29. The van der Waals surface area contributed by atoms with Crippen LogP contribution >= 0.6 is 0 Å². The van der Waals surface area contributed by atoms with Gasteiger partial charge in [0.1, 0.15) is 6.61 Å². The molecule has 0 amide bonds. The number of halogens is 2. The number of benzene rings is 2. The number of hydrogen-bond donors (Lipinski definition) is 0. The van der Waals surface area contributed by atoms with Gasteiger partial charge in [0, 0.05) is 5.92 Å². The van der Waals surface area contributed by atoms with E-state index in [0.29, 0.717) is 19.1 Å². The molecule has 0 spiro atoms. The second kappa shape index (κ2) is 12.0. The van der Waals surface area contributed by atoms with E-state index in [1.54, 1.807) is 0 Å². The minimum absolute atomic E-state index is 0.0835. The lowest BCUT2D eigenvalue weighted by atomic mass is 9.90. The van der Waals surface area contributed by atoms with Crippen LogP contribution in [-0.2, 0) is 11.2 Å². The van der Waals surface area contributed by atoms with E-state index >= 15 is 0 Å². The maximum absolute atomic E-state index is 14.2. The van der Waals surface area contributed by atoms with Crippen LogP contribution in [0.15, 0.2) is 36.4 Å². The summed E-state index contributed by atoms with van der Waals surface area (Å²) in [5.74, 6) is -1.84. The van der Waals surface area contributed by atoms with E-state index in [2.05, 4.69) is 31.2 Å². The van der Waals surface area contributed by atoms with Gasteiger partial charge < -0.3 is 14.2 Å². The van der Waals surface area contributed by atoms with Crippen molar-refractivity contribution in [1.82, 2.24) is 0 Å². The fraction of sp³-hybridized carbons (Fsp3) is 0.538. The van der Waals surface area contributed by atoms with E-state index in [-0.39, 0.29) is 24.2 Å². The van der Waals surface area contributed by atoms with Gasteiger partial charge in [-0.3, -0.25) is 0 Å². The second-order valence-electron chi connectivity index (χ2n) is 8.28. The molecular weight excluding hydrogens is 398 g/mol. The molecule has 1 fully saturated rings. The molecule has 0 radical (unpaired) electrons. The quantitative estimate of drug-likeness (QED) is 0.364. The molecule has 2 aromatic carbocycles. The molecule has 2 aromatic rings. The highest BCUT2D eigenvalue weighted by molar-refractivity contribution is 5.35. The van der Waals surface area contributed by atoms with Crippen molar-refractivity contribution in [3.05, 3.63) is 59.2 Å². The summed E-state index contributed by atoms with van der Waals surface area (Å²) >= 11 is 0. The van der Waals surface area contributed by atoms with Crippen LogP contribution < -0.4 is 9.47 Å². The number of unbranched alkanes of at least 4 members (excludes halogenated alkanes) is 2. The summed E-state index contributed by atoms with van der Waals surface area (Å²) in [6.45, 7) is 5.29. The molecule has 0 bridgehead atoms. The molecule has 1 aliphatic rings. The third-order valence-corrected chi connectivity index (χ3v) is 5.79. The summed E-state index contributed by atoms with van der Waals surface area (Å²) < 4.78 is 45.0. The first kappa shape index (κ1) is 23.5. The van der Waals surface area contributed by atoms with Crippen molar-refractivity contribution in [3.8, 4) is 11.5 Å². The van der Waals surface area contributed by atoms with Crippen LogP contribution in [0.1, 0.15) is 69.4 Å². The highest BCUT2D eigenvalue weighted by atomic mass is 19.2. The van der Waals surface area contributed by atoms with Crippen molar-refractivity contribution in [3.63, 3.8) is 0 Å². The molecule has 1 aliphatic heterocycles. The minimum Gasteiger partial charge on any atom is -0.490 e. The Balaban J connectivity index is 1.46. The van der Waals surface area contributed by atoms with Crippen molar-refractivity contribution < 1.29 is 23.0 Å². The van der Waals surface area contributed by atoms with Gasteiger partial charge in [-0.05, 0) is 55.4 Å². The molecule has 0 aromatic heterocycles. The number of ether oxygens (including phenoxy) is 3. The molecule has 1 heterocycles. The van der Waals surface area contributed by atoms with E-state index in [9.17, 15) is 8.78 Å². The zero-order chi connectivity index (χ0) is 22.1. The maximum Gasteiger partial charge on any atom is 0.204 e. The normalized spacial score (nSPS) is 18.7. The van der Waals surface area contributed by atoms with Gasteiger partial charge >= 0.3 is 0 Å². The summed E-state index contributed by atoms with van der Waals surface area (Å²) in [6, 6.07) is 11.7. The van der Waals surface area contributed by atoms with E-state index in [0.717, 1.165) is 25.7 Å². The monoisotopic (exact) mass is 432 g/mol. The molecule has 3 nitrogen and oxygen atoms in total. The van der Waals surface area contributed by atoms with Gasteiger partial charge in [-0.15, -0.1) is 0 Å². The summed E-state index contributed by atoms with van der Waals surface area (Å²) in [7, 11) is 0. The number of rotatable bonds is 11. The first-order valence-electron chi connectivity index (χ1n) is 11.6. The molecule has 0 saturated carbocycles. The minimum atomic E-state index is -1.01. The molecular formula is C26H34F2O3. The molecule has 2 unspecified atom stereocenters. The van der Waals surface area contributed by atoms with E-state index in [1.807, 2.05) is 6.92 Å². The lowest BCUT2D eigenvalue weighted by Crippen LogP contribution is -2.29. The van der Waals surface area contributed by atoms with Crippen molar-refractivity contribution in [2.24, 2.45) is 0 Å². The van der Waals surface area contributed by atoms with Crippen molar-refractivity contribution in [2.45, 2.75) is 70.8 Å². The van der Waals surface area contributed by atoms with Crippen LogP contribution in [-0.4, -0.2) is 25.9 Å². The van der Waals surface area contributed by atoms with Gasteiger partial charge in [0.05, 0.1) is 19.3 Å². The number of aryl methyl sites for hydroxylation is 1. The van der Waals surface area contributed by atoms with Crippen molar-refractivity contribution in [2.75, 3.05) is 19.8 Å². The molecule has 170 valence electrons. The van der Waals surface area contributed by atoms with E-state index in [4.69, 9.17) is 14.2 Å². The first-order chi connectivity index (χ1) is 15.1. The molecule has 0 N–H and O–H groups in total. The van der Waals surface area contributed by atoms with Crippen LogP contribution in [0.25, 0.3) is 0 Å². The van der Waals surface area contributed by atoms with Crippen molar-refractivity contribution in [1.29, 1.82) is 0 Å². The van der Waals surface area contributed by atoms with Gasteiger partial charge in [0.25, 0.3) is 0 Å². The van der Waals surface area contributed by atoms with Crippen LogP contribution in [0.2, 0.25) is 0 Å². The Morgan fingerprint density at radius 3 is 2.19 bits per heavy atom. The topological polar surface area (TPSA) is 27.7 Å². The number of hydrogen-bond acceptors (Lipinski definition) is 3. The lowest BCUT2D eigenvalue weighted by molar-refractivity contribution is -0.0219. The SMILES string of the molecule is CCCCCc1ccc(C2CCC(COc3ccc(OCCC)c(F)c3F)OC2)cc1. The Labute approximate surface area is 184 Å². The zero-order valence-electron chi connectivity index (χ0n) is 18.7. The van der Waals surface area contributed by atoms with Gasteiger partial charge in [0.2, 0.25) is 11.6 Å². The predicted molar refractivity (Wildman–Crippen MR) is 119 cm³/mol. The van der Waals surface area contributed by atoms with Crippen LogP contribution in [0.4, 0.5) is 8.78 Å². The highest BCUT2D eigenvalue weighted by Crippen LogP contribution is 2.31. The Bertz CT molecular complexity index is 799. The fourth-order valence-corrected chi connectivity index (χ4v) is 3.87. The average Bonchev–Trinajstić information content (AvgIpc) is 2.80. The highest BCUT2D eigenvalue weighted by Gasteiger charge is 2.24. The Kier molecular flexibility index (Phi) is 9.13. The Hall–Kier alpha value is -2.14. The third kappa shape index (κ3) is 6.67. The molecule has 1 saturated heterocycles. The Morgan fingerprint density at radius 2 is 1.58 bits per heavy atom. The van der Waals surface area contributed by atoms with Gasteiger partial charge in [0.15, 0.2) is 11.5 Å². The van der Waals surface area contributed by atoms with Gasteiger partial charge in [-0.1, -0.05) is 51.0 Å². The summed E-state index contributed by atoms with van der Waals surface area (Å²) in [5.41, 5.74) is 2.69. The summed E-state index contributed by atoms with van der Waals surface area (Å²) in [6.07, 6.45) is 7.30. The van der Waals surface area contributed by atoms with Crippen LogP contribution in [0.3, 0.4) is 0 Å². The molecule has 3 rings (SSSR count). The van der Waals surface area contributed by atoms with Gasteiger partial charge in [-0.25, -0.2) is 0 Å². The molecule has 5 heteroatoms. The van der Waals surface area contributed by atoms with Crippen LogP contribution in [0.5, 0.6) is 11.5 Å². The van der Waals surface area contributed by atoms with Crippen LogP contribution in [0, 0.1) is 11.6 Å². The van der Waals surface area contributed by atoms with E-state index in [1.165, 1.54) is 42.5 Å². The molecule has 31 heavy (non-hydrogen) atoms. The first-order valence-corrected chi connectivity index (χ1v) is 11.6. The second-order valence-corrected chi connectivity index (χ2v) is 8.28. The summed E-state index contributed by atoms with van der Waals surface area (Å²) in [4.78, 5) is 0. The smallest absolute Gasteiger partial charge is 0.204 e. The zero-order valence-corrected chi connectivity index (χ0v) is 18.7. The van der Waals surface area contributed by atoms with E-state index < -0.39 is 11.6 Å².